The fourth-order valence-electron chi connectivity index (χ4n) is 1.33. The summed E-state index contributed by atoms with van der Waals surface area (Å²) in [5.74, 6) is 0.344. The fourth-order valence-corrected chi connectivity index (χ4v) is 1.80. The number of rotatable bonds is 3. The van der Waals surface area contributed by atoms with Crippen molar-refractivity contribution < 1.29 is 9.13 Å². The van der Waals surface area contributed by atoms with E-state index in [0.717, 1.165) is 14.9 Å². The van der Waals surface area contributed by atoms with Crippen LogP contribution in [0.4, 0.5) is 4.39 Å². The molecule has 0 amide bonds. The van der Waals surface area contributed by atoms with Crippen LogP contribution in [0.25, 0.3) is 0 Å². The van der Waals surface area contributed by atoms with E-state index >= 15 is 0 Å². The highest BCUT2D eigenvalue weighted by molar-refractivity contribution is 14.1. The van der Waals surface area contributed by atoms with Crippen molar-refractivity contribution in [2.75, 3.05) is 0 Å². The smallest absolute Gasteiger partial charge is 0.142 e. The number of halogens is 3. The van der Waals surface area contributed by atoms with Gasteiger partial charge in [0, 0.05) is 3.57 Å². The van der Waals surface area contributed by atoms with Crippen LogP contribution in [0.2, 0.25) is 5.02 Å². The number of benzene rings is 2. The van der Waals surface area contributed by atoms with E-state index in [4.69, 9.17) is 16.3 Å². The lowest BCUT2D eigenvalue weighted by atomic mass is 10.2. The van der Waals surface area contributed by atoms with Crippen molar-refractivity contribution in [3.8, 4) is 5.75 Å². The molecule has 0 saturated carbocycles. The summed E-state index contributed by atoms with van der Waals surface area (Å²) >= 11 is 7.82. The monoisotopic (exact) mass is 362 g/mol. The molecule has 0 fully saturated rings. The van der Waals surface area contributed by atoms with Gasteiger partial charge in [0.25, 0.3) is 0 Å². The predicted octanol–water partition coefficient (Wildman–Crippen LogP) is 4.66. The summed E-state index contributed by atoms with van der Waals surface area (Å²) in [5, 5.41) is 0.128. The van der Waals surface area contributed by atoms with Gasteiger partial charge in [0.1, 0.15) is 18.2 Å². The van der Waals surface area contributed by atoms with Crippen LogP contribution in [0.5, 0.6) is 5.75 Å². The summed E-state index contributed by atoms with van der Waals surface area (Å²) in [7, 11) is 0. The molecule has 88 valence electrons. The summed E-state index contributed by atoms with van der Waals surface area (Å²) in [6, 6.07) is 12.3. The molecule has 0 aliphatic rings. The summed E-state index contributed by atoms with van der Waals surface area (Å²) in [4.78, 5) is 0. The molecule has 17 heavy (non-hydrogen) atoms. The zero-order valence-electron chi connectivity index (χ0n) is 8.79. The molecule has 1 nitrogen and oxygen atoms in total. The van der Waals surface area contributed by atoms with Gasteiger partial charge < -0.3 is 4.74 Å². The standard InChI is InChI=1S/C13H9ClFIO/c14-12-6-1-9(7-13(12)15)8-17-11-4-2-10(16)3-5-11/h1-7H,8H2. The summed E-state index contributed by atoms with van der Waals surface area (Å²) in [6.07, 6.45) is 0. The maximum absolute atomic E-state index is 13.2. The zero-order chi connectivity index (χ0) is 12.3. The minimum atomic E-state index is -0.421. The van der Waals surface area contributed by atoms with Crippen LogP contribution in [0.15, 0.2) is 42.5 Å². The topological polar surface area (TPSA) is 9.23 Å². The maximum Gasteiger partial charge on any atom is 0.142 e. The first-order valence-corrected chi connectivity index (χ1v) is 6.43. The molecule has 0 N–H and O–H groups in total. The molecule has 2 rings (SSSR count). The van der Waals surface area contributed by atoms with Crippen LogP contribution in [-0.2, 0) is 6.61 Å². The first-order chi connectivity index (χ1) is 8.15. The van der Waals surface area contributed by atoms with Gasteiger partial charge in [-0.15, -0.1) is 0 Å². The fraction of sp³-hybridized carbons (Fsp3) is 0.0769. The normalized spacial score (nSPS) is 10.3. The average molecular weight is 363 g/mol. The number of hydrogen-bond acceptors (Lipinski definition) is 1. The maximum atomic E-state index is 13.2. The summed E-state index contributed by atoms with van der Waals surface area (Å²) in [5.41, 5.74) is 0.755. The Balaban J connectivity index is 2.02. The molecule has 0 radical (unpaired) electrons. The molecule has 4 heteroatoms. The van der Waals surface area contributed by atoms with E-state index in [-0.39, 0.29) is 5.02 Å². The van der Waals surface area contributed by atoms with E-state index in [0.29, 0.717) is 6.61 Å². The van der Waals surface area contributed by atoms with Crippen LogP contribution in [0.3, 0.4) is 0 Å². The Labute approximate surface area is 118 Å². The van der Waals surface area contributed by atoms with Crippen molar-refractivity contribution >= 4 is 34.2 Å². The van der Waals surface area contributed by atoms with Gasteiger partial charge >= 0.3 is 0 Å². The largest absolute Gasteiger partial charge is 0.489 e. The van der Waals surface area contributed by atoms with Gasteiger partial charge in [-0.1, -0.05) is 17.7 Å². The van der Waals surface area contributed by atoms with Crippen molar-refractivity contribution in [3.63, 3.8) is 0 Å². The molecular weight excluding hydrogens is 353 g/mol. The van der Waals surface area contributed by atoms with Crippen molar-refractivity contribution in [2.45, 2.75) is 6.61 Å². The molecule has 0 aliphatic carbocycles. The highest BCUT2D eigenvalue weighted by atomic mass is 127. The van der Waals surface area contributed by atoms with Gasteiger partial charge in [0.2, 0.25) is 0 Å². The highest BCUT2D eigenvalue weighted by Gasteiger charge is 2.01. The van der Waals surface area contributed by atoms with Crippen LogP contribution >= 0.6 is 34.2 Å². The van der Waals surface area contributed by atoms with Gasteiger partial charge in [0.15, 0.2) is 0 Å². The summed E-state index contributed by atoms with van der Waals surface area (Å²) in [6.45, 7) is 0.328. The first kappa shape index (κ1) is 12.6. The zero-order valence-corrected chi connectivity index (χ0v) is 11.7. The molecule has 0 bridgehead atoms. The minimum Gasteiger partial charge on any atom is -0.489 e. The van der Waals surface area contributed by atoms with Crippen molar-refractivity contribution in [1.29, 1.82) is 0 Å². The van der Waals surface area contributed by atoms with E-state index in [1.807, 2.05) is 24.3 Å². The van der Waals surface area contributed by atoms with Crippen LogP contribution < -0.4 is 4.74 Å². The lowest BCUT2D eigenvalue weighted by Crippen LogP contribution is -1.96. The van der Waals surface area contributed by atoms with Crippen LogP contribution in [-0.4, -0.2) is 0 Å². The Morgan fingerprint density at radius 2 is 1.82 bits per heavy atom. The van der Waals surface area contributed by atoms with Gasteiger partial charge in [0.05, 0.1) is 5.02 Å². The van der Waals surface area contributed by atoms with E-state index < -0.39 is 5.82 Å². The molecule has 0 spiro atoms. The van der Waals surface area contributed by atoms with E-state index in [1.165, 1.54) is 12.1 Å². The Hall–Kier alpha value is -0.810. The molecule has 0 saturated heterocycles. The van der Waals surface area contributed by atoms with Crippen molar-refractivity contribution in [3.05, 3.63) is 62.4 Å². The lowest BCUT2D eigenvalue weighted by Gasteiger charge is -2.06. The Morgan fingerprint density at radius 1 is 1.12 bits per heavy atom. The predicted molar refractivity (Wildman–Crippen MR) is 74.9 cm³/mol. The molecule has 0 heterocycles. The second kappa shape index (κ2) is 5.69. The SMILES string of the molecule is Fc1cc(COc2ccc(I)cc2)ccc1Cl. The van der Waals surface area contributed by atoms with Gasteiger partial charge in [-0.2, -0.15) is 0 Å². The second-order valence-electron chi connectivity index (χ2n) is 3.49. The van der Waals surface area contributed by atoms with E-state index in [9.17, 15) is 4.39 Å². The third-order valence-electron chi connectivity index (χ3n) is 2.20. The van der Waals surface area contributed by atoms with E-state index in [1.54, 1.807) is 6.07 Å². The number of ether oxygens (including phenoxy) is 1. The van der Waals surface area contributed by atoms with E-state index in [2.05, 4.69) is 22.6 Å². The lowest BCUT2D eigenvalue weighted by molar-refractivity contribution is 0.305. The highest BCUT2D eigenvalue weighted by Crippen LogP contribution is 2.18. The molecule has 0 unspecified atom stereocenters. The Kier molecular flexibility index (Phi) is 4.23. The van der Waals surface area contributed by atoms with Crippen LogP contribution in [0.1, 0.15) is 5.56 Å². The average Bonchev–Trinajstić information content (AvgIpc) is 2.33. The molecular formula is C13H9ClFIO. The minimum absolute atomic E-state index is 0.128. The van der Waals surface area contributed by atoms with Gasteiger partial charge in [-0.25, -0.2) is 4.39 Å². The Morgan fingerprint density at radius 3 is 2.47 bits per heavy atom. The third-order valence-corrected chi connectivity index (χ3v) is 3.23. The summed E-state index contributed by atoms with van der Waals surface area (Å²) < 4.78 is 19.8. The molecule has 0 atom stereocenters. The second-order valence-corrected chi connectivity index (χ2v) is 5.14. The van der Waals surface area contributed by atoms with Gasteiger partial charge in [-0.3, -0.25) is 0 Å². The van der Waals surface area contributed by atoms with Crippen molar-refractivity contribution in [1.82, 2.24) is 0 Å². The molecule has 2 aromatic carbocycles. The molecule has 0 aliphatic heterocycles. The first-order valence-electron chi connectivity index (χ1n) is 4.97. The third kappa shape index (κ3) is 3.57. The van der Waals surface area contributed by atoms with Crippen LogP contribution in [0, 0.1) is 9.39 Å². The van der Waals surface area contributed by atoms with Gasteiger partial charge in [-0.05, 0) is 64.6 Å². The van der Waals surface area contributed by atoms with Crippen molar-refractivity contribution in [2.24, 2.45) is 0 Å². The number of hydrogen-bond donors (Lipinski definition) is 0. The molecule has 0 aromatic heterocycles. The Bertz CT molecular complexity index is 513. The molecule has 2 aromatic rings. The quantitative estimate of drug-likeness (QED) is 0.722.